The number of ether oxygens (including phenoxy) is 1. The fourth-order valence-electron chi connectivity index (χ4n) is 3.57. The Hall–Kier alpha value is -2.44. The van der Waals surface area contributed by atoms with E-state index in [1.54, 1.807) is 4.90 Å². The molecule has 6 heteroatoms. The summed E-state index contributed by atoms with van der Waals surface area (Å²) in [4.78, 5) is 16.2. The van der Waals surface area contributed by atoms with Crippen molar-refractivity contribution >= 4 is 5.91 Å². The summed E-state index contributed by atoms with van der Waals surface area (Å²) < 4.78 is 18.4. The molecule has 0 unspecified atom stereocenters. The molecule has 144 valence electrons. The Morgan fingerprint density at radius 1 is 1.22 bits per heavy atom. The van der Waals surface area contributed by atoms with Crippen LogP contribution in [0.25, 0.3) is 0 Å². The monoisotopic (exact) mass is 372 g/mol. The number of benzene rings is 2. The minimum atomic E-state index is -1.01. The van der Waals surface area contributed by atoms with Gasteiger partial charge in [-0.25, -0.2) is 4.39 Å². The van der Waals surface area contributed by atoms with Gasteiger partial charge in [-0.15, -0.1) is 0 Å². The van der Waals surface area contributed by atoms with E-state index in [0.29, 0.717) is 25.3 Å². The number of carbonyl (C=O) groups is 1. The van der Waals surface area contributed by atoms with Gasteiger partial charge >= 0.3 is 0 Å². The van der Waals surface area contributed by atoms with Crippen LogP contribution in [0.15, 0.2) is 54.6 Å². The van der Waals surface area contributed by atoms with Crippen LogP contribution in [-0.4, -0.2) is 60.6 Å². The van der Waals surface area contributed by atoms with Crippen LogP contribution in [0.1, 0.15) is 12.0 Å². The number of halogens is 1. The predicted molar refractivity (Wildman–Crippen MR) is 101 cm³/mol. The van der Waals surface area contributed by atoms with Crippen LogP contribution >= 0.6 is 0 Å². The van der Waals surface area contributed by atoms with Crippen molar-refractivity contribution in [3.8, 4) is 5.75 Å². The summed E-state index contributed by atoms with van der Waals surface area (Å²) >= 11 is 0. The van der Waals surface area contributed by atoms with Crippen LogP contribution < -0.4 is 4.74 Å². The zero-order valence-electron chi connectivity index (χ0n) is 15.6. The summed E-state index contributed by atoms with van der Waals surface area (Å²) in [7, 11) is 3.81. The molecule has 1 N–H and O–H groups in total. The van der Waals surface area contributed by atoms with Crippen LogP contribution in [0.4, 0.5) is 4.39 Å². The van der Waals surface area contributed by atoms with Gasteiger partial charge in [-0.05, 0) is 50.3 Å². The van der Waals surface area contributed by atoms with E-state index < -0.39 is 5.60 Å². The lowest BCUT2D eigenvalue weighted by Gasteiger charge is -2.47. The molecule has 1 amide bonds. The molecule has 0 aliphatic carbocycles. The van der Waals surface area contributed by atoms with E-state index in [2.05, 4.69) is 0 Å². The number of carbonyl (C=O) groups excluding carboxylic acids is 1. The van der Waals surface area contributed by atoms with Gasteiger partial charge in [0.05, 0.1) is 6.04 Å². The number of hydrogen-bond donors (Lipinski definition) is 1. The van der Waals surface area contributed by atoms with Crippen molar-refractivity contribution < 1.29 is 19.0 Å². The van der Waals surface area contributed by atoms with Crippen molar-refractivity contribution in [3.63, 3.8) is 0 Å². The lowest BCUT2D eigenvalue weighted by Crippen LogP contribution is -2.60. The summed E-state index contributed by atoms with van der Waals surface area (Å²) in [5.41, 5.74) is -0.155. The molecule has 2 aromatic carbocycles. The number of piperidine rings is 1. The molecule has 1 heterocycles. The second kappa shape index (κ2) is 8.06. The molecule has 27 heavy (non-hydrogen) atoms. The molecular weight excluding hydrogens is 347 g/mol. The molecule has 1 aliphatic heterocycles. The Morgan fingerprint density at radius 3 is 2.52 bits per heavy atom. The van der Waals surface area contributed by atoms with Crippen LogP contribution in [0.3, 0.4) is 0 Å². The van der Waals surface area contributed by atoms with Gasteiger partial charge in [0, 0.05) is 13.1 Å². The summed E-state index contributed by atoms with van der Waals surface area (Å²) in [5.74, 6) is -0.0493. The minimum absolute atomic E-state index is 0.116. The highest BCUT2D eigenvalue weighted by Gasteiger charge is 2.45. The molecule has 5 nitrogen and oxygen atoms in total. The second-order valence-corrected chi connectivity index (χ2v) is 7.10. The van der Waals surface area contributed by atoms with Crippen LogP contribution in [0.2, 0.25) is 0 Å². The van der Waals surface area contributed by atoms with Crippen molar-refractivity contribution in [2.24, 2.45) is 0 Å². The summed E-state index contributed by atoms with van der Waals surface area (Å²) in [6.45, 7) is 0.737. The van der Waals surface area contributed by atoms with Gasteiger partial charge in [0.2, 0.25) is 0 Å². The first-order valence-corrected chi connectivity index (χ1v) is 9.00. The largest absolute Gasteiger partial charge is 0.484 e. The van der Waals surface area contributed by atoms with Crippen molar-refractivity contribution in [3.05, 3.63) is 66.0 Å². The molecule has 3 rings (SSSR count). The van der Waals surface area contributed by atoms with E-state index in [4.69, 9.17) is 4.74 Å². The molecule has 0 bridgehead atoms. The molecule has 0 radical (unpaired) electrons. The molecule has 0 spiro atoms. The zero-order valence-corrected chi connectivity index (χ0v) is 15.6. The van der Waals surface area contributed by atoms with E-state index in [1.807, 2.05) is 49.3 Å². The summed E-state index contributed by atoms with van der Waals surface area (Å²) in [6.07, 6.45) is 0.447. The van der Waals surface area contributed by atoms with Gasteiger partial charge in [-0.2, -0.15) is 0 Å². The van der Waals surface area contributed by atoms with Gasteiger partial charge < -0.3 is 19.6 Å². The highest BCUT2D eigenvalue weighted by Crippen LogP contribution is 2.35. The number of aliphatic hydroxyl groups is 1. The standard InChI is InChI=1S/C21H25FN2O3/c1-23(2)19-14-24(13-12-21(19,26)16-6-4-3-5-7-16)20(25)15-27-18-10-8-17(22)9-11-18/h3-11,19,26H,12-15H2,1-2H3/t19-,21+/m1/s1. The topological polar surface area (TPSA) is 53.0 Å². The lowest BCUT2D eigenvalue weighted by atomic mass is 9.80. The molecule has 2 aromatic rings. The van der Waals surface area contributed by atoms with E-state index >= 15 is 0 Å². The van der Waals surface area contributed by atoms with E-state index in [-0.39, 0.29) is 24.4 Å². The minimum Gasteiger partial charge on any atom is -0.484 e. The third-order valence-corrected chi connectivity index (χ3v) is 5.13. The maximum absolute atomic E-state index is 12.9. The average molecular weight is 372 g/mol. The maximum Gasteiger partial charge on any atom is 0.260 e. The number of hydrogen-bond acceptors (Lipinski definition) is 4. The average Bonchev–Trinajstić information content (AvgIpc) is 2.68. The molecule has 0 saturated carbocycles. The van der Waals surface area contributed by atoms with Crippen LogP contribution in [0, 0.1) is 5.82 Å². The fourth-order valence-corrected chi connectivity index (χ4v) is 3.57. The first kappa shape index (κ1) is 19.3. The SMILES string of the molecule is CN(C)[C@@H]1CN(C(=O)COc2ccc(F)cc2)CC[C@]1(O)c1ccccc1. The molecule has 0 aromatic heterocycles. The zero-order chi connectivity index (χ0) is 19.4. The molecule has 1 fully saturated rings. The predicted octanol–water partition coefficient (Wildman–Crippen LogP) is 2.25. The van der Waals surface area contributed by atoms with Crippen molar-refractivity contribution in [1.29, 1.82) is 0 Å². The van der Waals surface area contributed by atoms with Crippen molar-refractivity contribution in [2.45, 2.75) is 18.1 Å². The number of rotatable bonds is 5. The quantitative estimate of drug-likeness (QED) is 0.875. The molecule has 1 aliphatic rings. The van der Waals surface area contributed by atoms with Crippen molar-refractivity contribution in [2.75, 3.05) is 33.8 Å². The van der Waals surface area contributed by atoms with Gasteiger partial charge in [-0.1, -0.05) is 30.3 Å². The normalized spacial score (nSPS) is 22.7. The smallest absolute Gasteiger partial charge is 0.260 e. The number of nitrogens with zero attached hydrogens (tertiary/aromatic N) is 2. The Labute approximate surface area is 159 Å². The van der Waals surface area contributed by atoms with E-state index in [1.165, 1.54) is 24.3 Å². The maximum atomic E-state index is 12.9. The second-order valence-electron chi connectivity index (χ2n) is 7.10. The Bertz CT molecular complexity index is 767. The van der Waals surface area contributed by atoms with Crippen LogP contribution in [-0.2, 0) is 10.4 Å². The number of likely N-dealkylation sites (tertiary alicyclic amines) is 1. The Morgan fingerprint density at radius 2 is 1.89 bits per heavy atom. The molecular formula is C21H25FN2O3. The Kier molecular flexibility index (Phi) is 5.77. The summed E-state index contributed by atoms with van der Waals surface area (Å²) in [6, 6.07) is 14.9. The first-order chi connectivity index (χ1) is 12.9. The van der Waals surface area contributed by atoms with Gasteiger partial charge in [-0.3, -0.25) is 4.79 Å². The van der Waals surface area contributed by atoms with Crippen LogP contribution in [0.5, 0.6) is 5.75 Å². The van der Waals surface area contributed by atoms with Crippen molar-refractivity contribution in [1.82, 2.24) is 9.80 Å². The van der Waals surface area contributed by atoms with Gasteiger partial charge in [0.15, 0.2) is 6.61 Å². The molecule has 2 atom stereocenters. The highest BCUT2D eigenvalue weighted by atomic mass is 19.1. The fraction of sp³-hybridized carbons (Fsp3) is 0.381. The number of likely N-dealkylation sites (N-methyl/N-ethyl adjacent to an activating group) is 1. The Balaban J connectivity index is 1.67. The number of amides is 1. The molecule has 1 saturated heterocycles. The highest BCUT2D eigenvalue weighted by molar-refractivity contribution is 5.78. The van der Waals surface area contributed by atoms with Gasteiger partial charge in [0.1, 0.15) is 17.2 Å². The third kappa shape index (κ3) is 4.28. The summed E-state index contributed by atoms with van der Waals surface area (Å²) in [5, 5.41) is 11.4. The first-order valence-electron chi connectivity index (χ1n) is 9.00. The lowest BCUT2D eigenvalue weighted by molar-refractivity contribution is -0.144. The van der Waals surface area contributed by atoms with E-state index in [0.717, 1.165) is 5.56 Å². The van der Waals surface area contributed by atoms with E-state index in [9.17, 15) is 14.3 Å². The third-order valence-electron chi connectivity index (χ3n) is 5.13. The van der Waals surface area contributed by atoms with Gasteiger partial charge in [0.25, 0.3) is 5.91 Å².